The van der Waals surface area contributed by atoms with Gasteiger partial charge in [0.1, 0.15) is 5.75 Å². The van der Waals surface area contributed by atoms with Gasteiger partial charge in [-0.05, 0) is 12.1 Å². The van der Waals surface area contributed by atoms with E-state index in [4.69, 9.17) is 16.7 Å². The van der Waals surface area contributed by atoms with Crippen molar-refractivity contribution in [2.24, 2.45) is 0 Å². The first-order valence-electron chi connectivity index (χ1n) is 4.37. The van der Waals surface area contributed by atoms with Crippen molar-refractivity contribution in [2.45, 2.75) is 0 Å². The van der Waals surface area contributed by atoms with E-state index in [1.807, 2.05) is 0 Å². The topological polar surface area (TPSA) is 75.4 Å². The molecule has 0 unspecified atom stereocenters. The molecular weight excluding hydrogens is 232 g/mol. The van der Waals surface area contributed by atoms with Gasteiger partial charge in [-0.3, -0.25) is 4.79 Å². The number of amides is 1. The number of hydrogen-bond donors (Lipinski definition) is 2. The highest BCUT2D eigenvalue weighted by atomic mass is 35.5. The molecule has 2 N–H and O–H groups in total. The second-order valence-electron chi connectivity index (χ2n) is 2.99. The summed E-state index contributed by atoms with van der Waals surface area (Å²) in [6, 6.07) is 5.68. The summed E-state index contributed by atoms with van der Waals surface area (Å²) in [6.45, 7) is 0. The van der Waals surface area contributed by atoms with E-state index >= 15 is 0 Å². The lowest BCUT2D eigenvalue weighted by Crippen LogP contribution is -2.11. The Morgan fingerprint density at radius 2 is 2.25 bits per heavy atom. The van der Waals surface area contributed by atoms with E-state index < -0.39 is 5.91 Å². The van der Waals surface area contributed by atoms with Crippen molar-refractivity contribution in [1.29, 1.82) is 0 Å². The average Bonchev–Trinajstić information content (AvgIpc) is 2.75. The number of aromatic hydroxyl groups is 1. The van der Waals surface area contributed by atoms with Crippen LogP contribution in [0.3, 0.4) is 0 Å². The predicted molar refractivity (Wildman–Crippen MR) is 57.6 cm³/mol. The molecule has 82 valence electrons. The number of rotatable bonds is 2. The number of aromatic nitrogens is 1. The van der Waals surface area contributed by atoms with Crippen molar-refractivity contribution in [3.8, 4) is 5.75 Å². The largest absolute Gasteiger partial charge is 0.508 e. The molecule has 0 bridgehead atoms. The minimum atomic E-state index is -0.454. The molecule has 0 aliphatic heterocycles. The van der Waals surface area contributed by atoms with E-state index in [1.165, 1.54) is 30.5 Å². The van der Waals surface area contributed by atoms with Gasteiger partial charge in [0.15, 0.2) is 0 Å². The first kappa shape index (κ1) is 10.5. The summed E-state index contributed by atoms with van der Waals surface area (Å²) in [7, 11) is 0. The number of carbonyl (C=O) groups excluding carboxylic acids is 1. The Labute approximate surface area is 95.6 Å². The molecular formula is C10H7ClN2O3. The Kier molecular flexibility index (Phi) is 2.78. The number of nitrogens with one attached hydrogen (secondary N) is 1. The highest BCUT2D eigenvalue weighted by molar-refractivity contribution is 6.34. The van der Waals surface area contributed by atoms with Crippen LogP contribution in [0.5, 0.6) is 5.75 Å². The van der Waals surface area contributed by atoms with Gasteiger partial charge in [0.25, 0.3) is 5.91 Å². The van der Waals surface area contributed by atoms with Gasteiger partial charge in [-0.25, -0.2) is 0 Å². The Morgan fingerprint density at radius 3 is 2.88 bits per heavy atom. The Morgan fingerprint density at radius 1 is 1.44 bits per heavy atom. The fourth-order valence-corrected chi connectivity index (χ4v) is 1.34. The standard InChI is InChI=1S/C10H7ClN2O3/c11-7-5-6(14)1-2-8(7)13-10(15)9-3-4-12-16-9/h1-5,14H,(H,13,15). The molecule has 5 nitrogen and oxygen atoms in total. The molecule has 0 aliphatic rings. The maximum Gasteiger partial charge on any atom is 0.294 e. The molecule has 6 heteroatoms. The normalized spacial score (nSPS) is 10.1. The summed E-state index contributed by atoms with van der Waals surface area (Å²) >= 11 is 5.81. The van der Waals surface area contributed by atoms with Crippen molar-refractivity contribution in [3.63, 3.8) is 0 Å². The van der Waals surface area contributed by atoms with Crippen LogP contribution in [-0.4, -0.2) is 16.2 Å². The first-order valence-corrected chi connectivity index (χ1v) is 4.75. The van der Waals surface area contributed by atoms with Crippen LogP contribution in [0.1, 0.15) is 10.6 Å². The molecule has 16 heavy (non-hydrogen) atoms. The third-order valence-electron chi connectivity index (χ3n) is 1.86. The van der Waals surface area contributed by atoms with Gasteiger partial charge in [-0.15, -0.1) is 0 Å². The number of hydrogen-bond acceptors (Lipinski definition) is 4. The third-order valence-corrected chi connectivity index (χ3v) is 2.18. The summed E-state index contributed by atoms with van der Waals surface area (Å²) in [5, 5.41) is 15.3. The van der Waals surface area contributed by atoms with E-state index in [9.17, 15) is 4.79 Å². The average molecular weight is 239 g/mol. The number of benzene rings is 1. The predicted octanol–water partition coefficient (Wildman–Crippen LogP) is 2.29. The molecule has 1 amide bonds. The van der Waals surface area contributed by atoms with Crippen LogP contribution in [0.2, 0.25) is 5.02 Å². The molecule has 0 saturated carbocycles. The molecule has 2 rings (SSSR count). The lowest BCUT2D eigenvalue weighted by Gasteiger charge is -2.05. The van der Waals surface area contributed by atoms with Gasteiger partial charge in [0, 0.05) is 12.1 Å². The SMILES string of the molecule is O=C(Nc1ccc(O)cc1Cl)c1ccno1. The zero-order valence-corrected chi connectivity index (χ0v) is 8.73. The van der Waals surface area contributed by atoms with Crippen LogP contribution >= 0.6 is 11.6 Å². The number of nitrogens with zero attached hydrogens (tertiary/aromatic N) is 1. The third kappa shape index (κ3) is 2.14. The van der Waals surface area contributed by atoms with Crippen LogP contribution in [0, 0.1) is 0 Å². The maximum atomic E-state index is 11.5. The number of carbonyl (C=O) groups is 1. The summed E-state index contributed by atoms with van der Waals surface area (Å²) < 4.78 is 4.68. The monoisotopic (exact) mass is 238 g/mol. The Balaban J connectivity index is 2.18. The number of phenols is 1. The van der Waals surface area contributed by atoms with Gasteiger partial charge in [-0.1, -0.05) is 16.8 Å². The molecule has 0 spiro atoms. The van der Waals surface area contributed by atoms with E-state index in [0.717, 1.165) is 0 Å². The molecule has 0 aliphatic carbocycles. The molecule has 1 heterocycles. The lowest BCUT2D eigenvalue weighted by molar-refractivity contribution is 0.0988. The van der Waals surface area contributed by atoms with E-state index in [-0.39, 0.29) is 16.5 Å². The van der Waals surface area contributed by atoms with E-state index in [1.54, 1.807) is 0 Å². The molecule has 0 saturated heterocycles. The Hall–Kier alpha value is -2.01. The number of phenolic OH excluding ortho intramolecular Hbond substituents is 1. The quantitative estimate of drug-likeness (QED) is 0.787. The van der Waals surface area contributed by atoms with Crippen LogP contribution < -0.4 is 5.32 Å². The van der Waals surface area contributed by atoms with Crippen molar-refractivity contribution in [1.82, 2.24) is 5.16 Å². The van der Waals surface area contributed by atoms with Gasteiger partial charge in [-0.2, -0.15) is 0 Å². The Bertz CT molecular complexity index is 511. The van der Waals surface area contributed by atoms with Crippen LogP contribution in [0.4, 0.5) is 5.69 Å². The van der Waals surface area contributed by atoms with Gasteiger partial charge >= 0.3 is 0 Å². The minimum Gasteiger partial charge on any atom is -0.508 e. The first-order chi connectivity index (χ1) is 7.66. The second kappa shape index (κ2) is 4.24. The smallest absolute Gasteiger partial charge is 0.294 e. The highest BCUT2D eigenvalue weighted by Crippen LogP contribution is 2.26. The molecule has 0 fully saturated rings. The fraction of sp³-hybridized carbons (Fsp3) is 0. The zero-order valence-electron chi connectivity index (χ0n) is 7.98. The molecule has 0 atom stereocenters. The zero-order chi connectivity index (χ0) is 11.5. The summed E-state index contributed by atoms with van der Waals surface area (Å²) in [4.78, 5) is 11.5. The van der Waals surface area contributed by atoms with Crippen LogP contribution in [0.25, 0.3) is 0 Å². The van der Waals surface area contributed by atoms with Crippen LogP contribution in [-0.2, 0) is 0 Å². The minimum absolute atomic E-state index is 0.0302. The van der Waals surface area contributed by atoms with Crippen molar-refractivity contribution in [3.05, 3.63) is 41.2 Å². The number of halogens is 1. The molecule has 1 aromatic carbocycles. The van der Waals surface area contributed by atoms with E-state index in [2.05, 4.69) is 15.0 Å². The van der Waals surface area contributed by atoms with E-state index in [0.29, 0.717) is 5.69 Å². The highest BCUT2D eigenvalue weighted by Gasteiger charge is 2.11. The van der Waals surface area contributed by atoms with Gasteiger partial charge < -0.3 is 14.9 Å². The lowest BCUT2D eigenvalue weighted by atomic mass is 10.3. The van der Waals surface area contributed by atoms with Crippen molar-refractivity contribution < 1.29 is 14.4 Å². The van der Waals surface area contributed by atoms with Crippen LogP contribution in [0.15, 0.2) is 35.0 Å². The van der Waals surface area contributed by atoms with Crippen molar-refractivity contribution >= 4 is 23.2 Å². The van der Waals surface area contributed by atoms with Crippen molar-refractivity contribution in [2.75, 3.05) is 5.32 Å². The molecule has 2 aromatic rings. The summed E-state index contributed by atoms with van der Waals surface area (Å²) in [5.74, 6) is -0.336. The second-order valence-corrected chi connectivity index (χ2v) is 3.40. The molecule has 1 aromatic heterocycles. The van der Waals surface area contributed by atoms with Gasteiger partial charge in [0.05, 0.1) is 16.9 Å². The fourth-order valence-electron chi connectivity index (χ4n) is 1.12. The maximum absolute atomic E-state index is 11.5. The molecule has 0 radical (unpaired) electrons. The summed E-state index contributed by atoms with van der Waals surface area (Å²) in [5.41, 5.74) is 0.390. The van der Waals surface area contributed by atoms with Gasteiger partial charge in [0.2, 0.25) is 5.76 Å². The summed E-state index contributed by atoms with van der Waals surface area (Å²) in [6.07, 6.45) is 1.37. The number of anilines is 1.